The first-order valence-electron chi connectivity index (χ1n) is 4.93. The van der Waals surface area contributed by atoms with Crippen LogP contribution in [0.1, 0.15) is 39.5 Å². The van der Waals surface area contributed by atoms with Crippen LogP contribution in [0.4, 0.5) is 0 Å². The molecule has 0 aliphatic heterocycles. The van der Waals surface area contributed by atoms with Crippen LogP contribution in [0.5, 0.6) is 0 Å². The fraction of sp³-hybridized carbons (Fsp3) is 0.636. The van der Waals surface area contributed by atoms with Crippen molar-refractivity contribution >= 4 is 0 Å². The van der Waals surface area contributed by atoms with Gasteiger partial charge in [-0.05, 0) is 39.8 Å². The Hall–Kier alpha value is -0.800. The highest BCUT2D eigenvalue weighted by atomic mass is 16.3. The molecule has 0 bridgehead atoms. The number of aliphatic hydroxyl groups is 1. The molecule has 0 aliphatic carbocycles. The second-order valence-electron chi connectivity index (χ2n) is 4.28. The third-order valence-corrected chi connectivity index (χ3v) is 2.53. The quantitative estimate of drug-likeness (QED) is 0.777. The van der Waals surface area contributed by atoms with Gasteiger partial charge in [-0.1, -0.05) is 0 Å². The number of hydrogen-bond donors (Lipinski definition) is 2. The van der Waals surface area contributed by atoms with Gasteiger partial charge in [0.2, 0.25) is 0 Å². The smallest absolute Gasteiger partial charge is 0.120 e. The van der Waals surface area contributed by atoms with Crippen LogP contribution in [0.3, 0.4) is 0 Å². The van der Waals surface area contributed by atoms with E-state index in [-0.39, 0.29) is 12.1 Å². The van der Waals surface area contributed by atoms with E-state index in [2.05, 4.69) is 5.32 Å². The van der Waals surface area contributed by atoms with Gasteiger partial charge in [0.25, 0.3) is 0 Å². The van der Waals surface area contributed by atoms with Gasteiger partial charge < -0.3 is 14.8 Å². The zero-order valence-electron chi connectivity index (χ0n) is 9.24. The van der Waals surface area contributed by atoms with Crippen molar-refractivity contribution in [2.75, 3.05) is 0 Å². The van der Waals surface area contributed by atoms with Crippen molar-refractivity contribution in [1.29, 1.82) is 0 Å². The Morgan fingerprint density at radius 2 is 2.07 bits per heavy atom. The molecule has 3 nitrogen and oxygen atoms in total. The maximum absolute atomic E-state index is 9.74. The SMILES string of the molecule is CC(NC(C)C(C)(C)O)c1ccco1. The molecule has 0 radical (unpaired) electrons. The van der Waals surface area contributed by atoms with E-state index in [0.717, 1.165) is 5.76 Å². The molecule has 2 unspecified atom stereocenters. The summed E-state index contributed by atoms with van der Waals surface area (Å²) in [5, 5.41) is 13.0. The van der Waals surface area contributed by atoms with Crippen LogP contribution in [0.15, 0.2) is 22.8 Å². The molecular formula is C11H19NO2. The minimum atomic E-state index is -0.721. The van der Waals surface area contributed by atoms with Crippen LogP contribution >= 0.6 is 0 Å². The van der Waals surface area contributed by atoms with Crippen LogP contribution < -0.4 is 5.32 Å². The van der Waals surface area contributed by atoms with Crippen molar-refractivity contribution in [1.82, 2.24) is 5.32 Å². The monoisotopic (exact) mass is 197 g/mol. The molecule has 0 spiro atoms. The van der Waals surface area contributed by atoms with Gasteiger partial charge in [0.15, 0.2) is 0 Å². The molecule has 3 heteroatoms. The topological polar surface area (TPSA) is 45.4 Å². The summed E-state index contributed by atoms with van der Waals surface area (Å²) < 4.78 is 5.26. The summed E-state index contributed by atoms with van der Waals surface area (Å²) >= 11 is 0. The zero-order chi connectivity index (χ0) is 10.8. The van der Waals surface area contributed by atoms with Gasteiger partial charge in [0, 0.05) is 6.04 Å². The van der Waals surface area contributed by atoms with Crippen LogP contribution in [-0.4, -0.2) is 16.7 Å². The first kappa shape index (κ1) is 11.3. The van der Waals surface area contributed by atoms with Gasteiger partial charge in [0.1, 0.15) is 5.76 Å². The average Bonchev–Trinajstić information content (AvgIpc) is 2.53. The minimum Gasteiger partial charge on any atom is -0.468 e. The molecule has 1 rings (SSSR count). The Morgan fingerprint density at radius 3 is 2.50 bits per heavy atom. The van der Waals surface area contributed by atoms with Crippen molar-refractivity contribution in [3.8, 4) is 0 Å². The summed E-state index contributed by atoms with van der Waals surface area (Å²) in [5.74, 6) is 0.890. The van der Waals surface area contributed by atoms with E-state index in [0.29, 0.717) is 0 Å². The van der Waals surface area contributed by atoms with Crippen LogP contribution in [-0.2, 0) is 0 Å². The van der Waals surface area contributed by atoms with E-state index >= 15 is 0 Å². The fourth-order valence-corrected chi connectivity index (χ4v) is 1.20. The Balaban J connectivity index is 2.53. The minimum absolute atomic E-state index is 0.0163. The first-order valence-corrected chi connectivity index (χ1v) is 4.93. The Morgan fingerprint density at radius 1 is 1.43 bits per heavy atom. The van der Waals surface area contributed by atoms with Crippen molar-refractivity contribution < 1.29 is 9.52 Å². The third kappa shape index (κ3) is 2.86. The van der Waals surface area contributed by atoms with Crippen LogP contribution in [0.2, 0.25) is 0 Å². The van der Waals surface area contributed by atoms with Gasteiger partial charge >= 0.3 is 0 Å². The molecule has 80 valence electrons. The molecular weight excluding hydrogens is 178 g/mol. The van der Waals surface area contributed by atoms with Gasteiger partial charge in [-0.3, -0.25) is 0 Å². The van der Waals surface area contributed by atoms with E-state index in [1.807, 2.05) is 26.0 Å². The van der Waals surface area contributed by atoms with E-state index in [4.69, 9.17) is 4.42 Å². The average molecular weight is 197 g/mol. The van der Waals surface area contributed by atoms with Crippen molar-refractivity contribution in [3.05, 3.63) is 24.2 Å². The fourth-order valence-electron chi connectivity index (χ4n) is 1.20. The standard InChI is InChI=1S/C11H19NO2/c1-8(10-6-5-7-14-10)12-9(2)11(3,4)13/h5-9,12-13H,1-4H3. The summed E-state index contributed by atoms with van der Waals surface area (Å²) in [6.45, 7) is 7.56. The Labute approximate surface area is 85.1 Å². The second-order valence-corrected chi connectivity index (χ2v) is 4.28. The molecule has 2 atom stereocenters. The zero-order valence-corrected chi connectivity index (χ0v) is 9.24. The third-order valence-electron chi connectivity index (χ3n) is 2.53. The molecule has 14 heavy (non-hydrogen) atoms. The van der Waals surface area contributed by atoms with Gasteiger partial charge in [-0.25, -0.2) is 0 Å². The highest BCUT2D eigenvalue weighted by Crippen LogP contribution is 2.16. The molecule has 0 saturated carbocycles. The van der Waals surface area contributed by atoms with E-state index in [1.54, 1.807) is 20.1 Å². The van der Waals surface area contributed by atoms with Crippen LogP contribution in [0.25, 0.3) is 0 Å². The van der Waals surface area contributed by atoms with E-state index in [1.165, 1.54) is 0 Å². The number of furan rings is 1. The lowest BCUT2D eigenvalue weighted by Gasteiger charge is -2.29. The van der Waals surface area contributed by atoms with Crippen molar-refractivity contribution in [2.24, 2.45) is 0 Å². The lowest BCUT2D eigenvalue weighted by molar-refractivity contribution is 0.0396. The number of rotatable bonds is 4. The normalized spacial score (nSPS) is 16.6. The van der Waals surface area contributed by atoms with Crippen molar-refractivity contribution in [3.63, 3.8) is 0 Å². The predicted molar refractivity (Wildman–Crippen MR) is 56.0 cm³/mol. The number of nitrogens with one attached hydrogen (secondary N) is 1. The lowest BCUT2D eigenvalue weighted by atomic mass is 10.00. The lowest BCUT2D eigenvalue weighted by Crippen LogP contribution is -2.45. The van der Waals surface area contributed by atoms with Gasteiger partial charge in [-0.2, -0.15) is 0 Å². The molecule has 0 amide bonds. The molecule has 0 aromatic carbocycles. The summed E-state index contributed by atoms with van der Waals surface area (Å²) in [5.41, 5.74) is -0.721. The Bertz CT molecular complexity index is 261. The Kier molecular flexibility index (Phi) is 3.34. The molecule has 2 N–H and O–H groups in total. The number of hydrogen-bond acceptors (Lipinski definition) is 3. The highest BCUT2D eigenvalue weighted by Gasteiger charge is 2.24. The maximum atomic E-state index is 9.74. The largest absolute Gasteiger partial charge is 0.468 e. The predicted octanol–water partition coefficient (Wildman–Crippen LogP) is 2.09. The summed E-state index contributed by atoms with van der Waals surface area (Å²) in [7, 11) is 0. The van der Waals surface area contributed by atoms with Gasteiger partial charge in [0.05, 0.1) is 17.9 Å². The summed E-state index contributed by atoms with van der Waals surface area (Å²) in [6, 6.07) is 3.92. The summed E-state index contributed by atoms with van der Waals surface area (Å²) in [4.78, 5) is 0. The highest BCUT2D eigenvalue weighted by molar-refractivity contribution is 5.03. The van der Waals surface area contributed by atoms with E-state index in [9.17, 15) is 5.11 Å². The molecule has 1 aromatic heterocycles. The van der Waals surface area contributed by atoms with Crippen molar-refractivity contribution in [2.45, 2.75) is 45.4 Å². The van der Waals surface area contributed by atoms with E-state index < -0.39 is 5.60 Å². The maximum Gasteiger partial charge on any atom is 0.120 e. The van der Waals surface area contributed by atoms with Gasteiger partial charge in [-0.15, -0.1) is 0 Å². The molecule has 0 fully saturated rings. The summed E-state index contributed by atoms with van der Waals surface area (Å²) in [6.07, 6.45) is 1.66. The second kappa shape index (κ2) is 4.15. The first-order chi connectivity index (χ1) is 6.41. The molecule has 0 aliphatic rings. The molecule has 1 heterocycles. The molecule has 0 saturated heterocycles. The molecule has 1 aromatic rings. The van der Waals surface area contributed by atoms with Crippen LogP contribution in [0, 0.1) is 0 Å².